The van der Waals surface area contributed by atoms with E-state index in [0.717, 1.165) is 12.8 Å². The van der Waals surface area contributed by atoms with Gasteiger partial charge in [-0.1, -0.05) is 6.07 Å². The van der Waals surface area contributed by atoms with Gasteiger partial charge in [0.2, 0.25) is 11.8 Å². The molecule has 0 radical (unpaired) electrons. The maximum atomic E-state index is 11.9. The number of carbonyl (C=O) groups excluding carboxylic acids is 2. The number of nitrogens with two attached hydrogens (primary N) is 1. The molecular formula is C15H22N2O3S. The Kier molecular flexibility index (Phi) is 5.76. The topological polar surface area (TPSA) is 81.4 Å². The van der Waals surface area contributed by atoms with E-state index in [0.29, 0.717) is 39.0 Å². The summed E-state index contributed by atoms with van der Waals surface area (Å²) in [6.07, 6.45) is 3.37. The average molecular weight is 310 g/mol. The second-order valence-corrected chi connectivity index (χ2v) is 6.50. The molecule has 116 valence electrons. The van der Waals surface area contributed by atoms with Crippen LogP contribution < -0.4 is 11.1 Å². The molecule has 0 saturated carbocycles. The first-order valence-corrected chi connectivity index (χ1v) is 8.17. The fourth-order valence-electron chi connectivity index (χ4n) is 2.51. The van der Waals surface area contributed by atoms with Crippen LogP contribution in [0.2, 0.25) is 0 Å². The molecule has 1 aliphatic rings. The van der Waals surface area contributed by atoms with Crippen molar-refractivity contribution in [3.63, 3.8) is 0 Å². The highest BCUT2D eigenvalue weighted by atomic mass is 32.1. The van der Waals surface area contributed by atoms with Crippen LogP contribution in [0, 0.1) is 5.41 Å². The summed E-state index contributed by atoms with van der Waals surface area (Å²) in [6.45, 7) is 1.37. The summed E-state index contributed by atoms with van der Waals surface area (Å²) in [5.74, 6) is -0.358. The molecule has 2 rings (SSSR count). The lowest BCUT2D eigenvalue weighted by atomic mass is 9.79. The monoisotopic (exact) mass is 310 g/mol. The van der Waals surface area contributed by atoms with E-state index < -0.39 is 5.41 Å². The first-order chi connectivity index (χ1) is 10.1. The zero-order valence-corrected chi connectivity index (χ0v) is 12.9. The molecule has 0 bridgehead atoms. The van der Waals surface area contributed by atoms with Gasteiger partial charge in [-0.05, 0) is 37.1 Å². The standard InChI is InChI=1S/C15H22N2O3S/c16-14(19)15(6-8-20-9-7-15)11-17-13(18)5-1-3-12-4-2-10-21-12/h2,4,10H,1,3,5-9,11H2,(H2,16,19)(H,17,18). The molecule has 1 aromatic heterocycles. The fraction of sp³-hybridized carbons (Fsp3) is 0.600. The predicted molar refractivity (Wildman–Crippen MR) is 81.9 cm³/mol. The van der Waals surface area contributed by atoms with Crippen LogP contribution in [0.25, 0.3) is 0 Å². The van der Waals surface area contributed by atoms with E-state index in [4.69, 9.17) is 10.5 Å². The van der Waals surface area contributed by atoms with Crippen molar-refractivity contribution >= 4 is 23.2 Å². The summed E-state index contributed by atoms with van der Waals surface area (Å²) in [7, 11) is 0. The molecule has 0 aliphatic carbocycles. The fourth-order valence-corrected chi connectivity index (χ4v) is 3.26. The Hall–Kier alpha value is -1.40. The van der Waals surface area contributed by atoms with Gasteiger partial charge in [-0.15, -0.1) is 11.3 Å². The zero-order valence-electron chi connectivity index (χ0n) is 12.1. The molecule has 6 heteroatoms. The molecule has 1 aliphatic heterocycles. The number of ether oxygens (including phenoxy) is 1. The van der Waals surface area contributed by atoms with Gasteiger partial charge < -0.3 is 15.8 Å². The van der Waals surface area contributed by atoms with E-state index in [2.05, 4.69) is 11.4 Å². The highest BCUT2D eigenvalue weighted by Gasteiger charge is 2.38. The van der Waals surface area contributed by atoms with Gasteiger partial charge in [-0.3, -0.25) is 9.59 Å². The minimum atomic E-state index is -0.637. The Bertz CT molecular complexity index is 467. The summed E-state index contributed by atoms with van der Waals surface area (Å²) in [5.41, 5.74) is 4.87. The molecule has 0 atom stereocenters. The number of thiophene rings is 1. The molecule has 2 amide bonds. The SMILES string of the molecule is NC(=O)C1(CNC(=O)CCCc2cccs2)CCOCC1. The molecular weight excluding hydrogens is 288 g/mol. The summed E-state index contributed by atoms with van der Waals surface area (Å²) in [5, 5.41) is 4.90. The van der Waals surface area contributed by atoms with Crippen molar-refractivity contribution in [3.8, 4) is 0 Å². The van der Waals surface area contributed by atoms with Crippen LogP contribution in [0.5, 0.6) is 0 Å². The van der Waals surface area contributed by atoms with Gasteiger partial charge in [0.25, 0.3) is 0 Å². The quantitative estimate of drug-likeness (QED) is 0.800. The molecule has 1 aromatic rings. The molecule has 5 nitrogen and oxygen atoms in total. The van der Waals surface area contributed by atoms with Crippen LogP contribution in [0.1, 0.15) is 30.6 Å². The number of carbonyl (C=O) groups is 2. The Morgan fingerprint density at radius 3 is 2.76 bits per heavy atom. The molecule has 2 heterocycles. The van der Waals surface area contributed by atoms with Crippen LogP contribution in [0.4, 0.5) is 0 Å². The minimum Gasteiger partial charge on any atom is -0.381 e. The lowest BCUT2D eigenvalue weighted by Crippen LogP contribution is -2.49. The lowest BCUT2D eigenvalue weighted by Gasteiger charge is -2.34. The van der Waals surface area contributed by atoms with E-state index in [9.17, 15) is 9.59 Å². The summed E-state index contributed by atoms with van der Waals surface area (Å²) in [4.78, 5) is 24.9. The van der Waals surface area contributed by atoms with E-state index >= 15 is 0 Å². The van der Waals surface area contributed by atoms with E-state index in [-0.39, 0.29) is 11.8 Å². The number of hydrogen-bond acceptors (Lipinski definition) is 4. The van der Waals surface area contributed by atoms with Gasteiger partial charge in [0.15, 0.2) is 0 Å². The van der Waals surface area contributed by atoms with Crippen molar-refractivity contribution in [3.05, 3.63) is 22.4 Å². The third-order valence-electron chi connectivity index (χ3n) is 4.00. The second-order valence-electron chi connectivity index (χ2n) is 5.47. The largest absolute Gasteiger partial charge is 0.381 e. The number of rotatable bonds is 7. The third kappa shape index (κ3) is 4.54. The van der Waals surface area contributed by atoms with Crippen LogP contribution >= 0.6 is 11.3 Å². The Labute approximate surface area is 128 Å². The number of primary amides is 1. The van der Waals surface area contributed by atoms with E-state index in [1.807, 2.05) is 11.4 Å². The van der Waals surface area contributed by atoms with Gasteiger partial charge in [-0.25, -0.2) is 0 Å². The van der Waals surface area contributed by atoms with Crippen molar-refractivity contribution < 1.29 is 14.3 Å². The molecule has 21 heavy (non-hydrogen) atoms. The molecule has 1 saturated heterocycles. The molecule has 0 spiro atoms. The van der Waals surface area contributed by atoms with Crippen molar-refractivity contribution in [1.29, 1.82) is 0 Å². The van der Waals surface area contributed by atoms with Gasteiger partial charge in [0.05, 0.1) is 5.41 Å². The predicted octanol–water partition coefficient (Wildman–Crippen LogP) is 1.47. The Balaban J connectivity index is 1.72. The Morgan fingerprint density at radius 1 is 1.38 bits per heavy atom. The van der Waals surface area contributed by atoms with Crippen LogP contribution in [-0.4, -0.2) is 31.6 Å². The molecule has 0 unspecified atom stereocenters. The van der Waals surface area contributed by atoms with Gasteiger partial charge in [0.1, 0.15) is 0 Å². The summed E-state index contributed by atoms with van der Waals surface area (Å²) >= 11 is 1.71. The van der Waals surface area contributed by atoms with Crippen molar-refractivity contribution in [2.75, 3.05) is 19.8 Å². The highest BCUT2D eigenvalue weighted by Crippen LogP contribution is 2.29. The number of amides is 2. The number of nitrogens with one attached hydrogen (secondary N) is 1. The van der Waals surface area contributed by atoms with Gasteiger partial charge in [-0.2, -0.15) is 0 Å². The maximum absolute atomic E-state index is 11.9. The van der Waals surface area contributed by atoms with Gasteiger partial charge in [0, 0.05) is 31.1 Å². The van der Waals surface area contributed by atoms with Crippen molar-refractivity contribution in [2.45, 2.75) is 32.1 Å². The maximum Gasteiger partial charge on any atom is 0.225 e. The van der Waals surface area contributed by atoms with Gasteiger partial charge >= 0.3 is 0 Å². The lowest BCUT2D eigenvalue weighted by molar-refractivity contribution is -0.134. The summed E-state index contributed by atoms with van der Waals surface area (Å²) < 4.78 is 5.27. The molecule has 0 aromatic carbocycles. The zero-order chi connectivity index (χ0) is 15.1. The smallest absolute Gasteiger partial charge is 0.225 e. The van der Waals surface area contributed by atoms with E-state index in [1.54, 1.807) is 11.3 Å². The number of aryl methyl sites for hydroxylation is 1. The Morgan fingerprint density at radius 2 is 2.14 bits per heavy atom. The molecule has 1 fully saturated rings. The van der Waals surface area contributed by atoms with Crippen LogP contribution in [-0.2, 0) is 20.7 Å². The van der Waals surface area contributed by atoms with E-state index in [1.165, 1.54) is 4.88 Å². The minimum absolute atomic E-state index is 0.0151. The third-order valence-corrected chi connectivity index (χ3v) is 4.94. The van der Waals surface area contributed by atoms with Crippen LogP contribution in [0.15, 0.2) is 17.5 Å². The highest BCUT2D eigenvalue weighted by molar-refractivity contribution is 7.09. The normalized spacial score (nSPS) is 17.3. The van der Waals surface area contributed by atoms with Crippen molar-refractivity contribution in [2.24, 2.45) is 11.1 Å². The average Bonchev–Trinajstić information content (AvgIpc) is 2.99. The van der Waals surface area contributed by atoms with Crippen molar-refractivity contribution in [1.82, 2.24) is 5.32 Å². The summed E-state index contributed by atoms with van der Waals surface area (Å²) in [6, 6.07) is 4.09. The second kappa shape index (κ2) is 7.56. The first kappa shape index (κ1) is 16.0. The number of hydrogen-bond donors (Lipinski definition) is 2. The first-order valence-electron chi connectivity index (χ1n) is 7.29. The van der Waals surface area contributed by atoms with Crippen LogP contribution in [0.3, 0.4) is 0 Å². The molecule has 3 N–H and O–H groups in total.